The first-order chi connectivity index (χ1) is 26.5. The van der Waals surface area contributed by atoms with Gasteiger partial charge in [-0.2, -0.15) is 0 Å². The van der Waals surface area contributed by atoms with Crippen LogP contribution in [-0.4, -0.2) is 184 Å². The van der Waals surface area contributed by atoms with Crippen molar-refractivity contribution in [2.75, 3.05) is 147 Å². The van der Waals surface area contributed by atoms with Crippen molar-refractivity contribution >= 4 is 32.7 Å². The zero-order valence-electron chi connectivity index (χ0n) is 33.6. The van der Waals surface area contributed by atoms with E-state index in [2.05, 4.69) is 13.2 Å². The van der Waals surface area contributed by atoms with E-state index >= 15 is 0 Å². The monoisotopic (exact) mass is 811 g/mol. The summed E-state index contributed by atoms with van der Waals surface area (Å²) in [4.78, 5) is 50.2. The number of hydrogen-bond acceptors (Lipinski definition) is 18. The van der Waals surface area contributed by atoms with Crippen LogP contribution in [0.5, 0.6) is 0 Å². The van der Waals surface area contributed by atoms with Crippen molar-refractivity contribution in [3.63, 3.8) is 0 Å². The fourth-order valence-electron chi connectivity index (χ4n) is 4.17. The van der Waals surface area contributed by atoms with Gasteiger partial charge in [0.2, 0.25) is 0 Å². The van der Waals surface area contributed by atoms with Crippen LogP contribution in [0.1, 0.15) is 33.1 Å². The lowest BCUT2D eigenvalue weighted by atomic mass is 10.3. The minimum Gasteiger partial charge on any atom is -0.462 e. The van der Waals surface area contributed by atoms with Gasteiger partial charge in [0.05, 0.1) is 92.1 Å². The molecule has 0 aliphatic rings. The molecule has 0 rings (SSSR count). The summed E-state index contributed by atoms with van der Waals surface area (Å²) in [5.41, 5.74) is 0.478. The molecule has 0 aliphatic carbocycles. The number of nitrogens with zero attached hydrogens (tertiary/aromatic N) is 1. The third kappa shape index (κ3) is 31.0. The van der Waals surface area contributed by atoms with Gasteiger partial charge in [-0.3, -0.25) is 9.59 Å². The summed E-state index contributed by atoms with van der Waals surface area (Å²) in [5.74, 6) is -2.16. The molecule has 0 aromatic carbocycles. The van der Waals surface area contributed by atoms with Crippen LogP contribution in [-0.2, 0) is 79.8 Å². The predicted molar refractivity (Wildman–Crippen MR) is 200 cm³/mol. The van der Waals surface area contributed by atoms with E-state index in [0.29, 0.717) is 58.7 Å². The predicted octanol–water partition coefficient (Wildman–Crippen LogP) is 1.76. The van der Waals surface area contributed by atoms with E-state index in [-0.39, 0.29) is 103 Å². The van der Waals surface area contributed by atoms with E-state index in [9.17, 15) is 19.2 Å². The van der Waals surface area contributed by atoms with Crippen molar-refractivity contribution in [1.29, 1.82) is 0 Å². The Kier molecular flexibility index (Phi) is 33.8. The summed E-state index contributed by atoms with van der Waals surface area (Å²) >= 11 is 0. The zero-order valence-corrected chi connectivity index (χ0v) is 34.6. The van der Waals surface area contributed by atoms with Gasteiger partial charge in [-0.15, -0.1) is 0 Å². The summed E-state index contributed by atoms with van der Waals surface area (Å²) in [6.07, 6.45) is 0.509. The van der Waals surface area contributed by atoms with Gasteiger partial charge < -0.3 is 65.5 Å². The van der Waals surface area contributed by atoms with Gasteiger partial charge in [0.25, 0.3) is 0 Å². The van der Waals surface area contributed by atoms with Gasteiger partial charge in [0, 0.05) is 51.6 Å². The molecule has 0 radical (unpaired) electrons. The molecule has 55 heavy (non-hydrogen) atoms. The first-order valence-corrected chi connectivity index (χ1v) is 20.2. The average molecular weight is 812 g/mol. The van der Waals surface area contributed by atoms with Gasteiger partial charge in [-0.25, -0.2) is 9.59 Å². The Morgan fingerprint density at radius 1 is 0.473 bits per heavy atom. The highest BCUT2D eigenvalue weighted by atomic mass is 28.4. The lowest BCUT2D eigenvalue weighted by molar-refractivity contribution is -0.151. The number of ether oxygens (including phenoxy) is 10. The van der Waals surface area contributed by atoms with Crippen LogP contribution >= 0.6 is 0 Å². The van der Waals surface area contributed by atoms with Crippen LogP contribution in [0.2, 0.25) is 6.04 Å². The largest absolute Gasteiger partial charge is 0.501 e. The van der Waals surface area contributed by atoms with E-state index in [1.54, 1.807) is 21.3 Å². The van der Waals surface area contributed by atoms with Gasteiger partial charge in [0.15, 0.2) is 0 Å². The molecule has 0 heterocycles. The Labute approximate surface area is 327 Å². The minimum atomic E-state index is -3.37. The second-order valence-corrected chi connectivity index (χ2v) is 14.5. The van der Waals surface area contributed by atoms with Crippen LogP contribution in [0.3, 0.4) is 0 Å². The molecule has 0 unspecified atom stereocenters. The van der Waals surface area contributed by atoms with Crippen LogP contribution in [0.15, 0.2) is 24.3 Å². The lowest BCUT2D eigenvalue weighted by Gasteiger charge is -2.31. The molecule has 0 aromatic rings. The molecular weight excluding hydrogens is 746 g/mol. The van der Waals surface area contributed by atoms with Crippen LogP contribution in [0, 0.1) is 0 Å². The van der Waals surface area contributed by atoms with Crippen molar-refractivity contribution in [1.82, 2.24) is 4.90 Å². The maximum atomic E-state index is 12.6. The van der Waals surface area contributed by atoms with Crippen molar-refractivity contribution in [3.05, 3.63) is 24.3 Å². The maximum Gasteiger partial charge on any atom is 0.501 e. The van der Waals surface area contributed by atoms with E-state index < -0.39 is 32.7 Å². The van der Waals surface area contributed by atoms with Gasteiger partial charge >= 0.3 is 32.7 Å². The lowest BCUT2D eigenvalue weighted by Crippen LogP contribution is -2.48. The van der Waals surface area contributed by atoms with Crippen molar-refractivity contribution < 1.29 is 79.8 Å². The highest BCUT2D eigenvalue weighted by Gasteiger charge is 2.41. The Morgan fingerprint density at radius 3 is 1.16 bits per heavy atom. The Hall–Kier alpha value is -2.82. The molecule has 19 heteroatoms. The number of carbonyl (C=O) groups excluding carboxylic acids is 4. The molecule has 0 saturated carbocycles. The normalized spacial score (nSPS) is 11.4. The molecule has 18 nitrogen and oxygen atoms in total. The molecule has 0 aromatic heterocycles. The molecule has 0 aliphatic heterocycles. The number of rotatable bonds is 39. The summed E-state index contributed by atoms with van der Waals surface area (Å²) in [5, 5.41) is 0. The summed E-state index contributed by atoms with van der Waals surface area (Å²) in [7, 11) is 1.40. The maximum absolute atomic E-state index is 12.6. The third-order valence-corrected chi connectivity index (χ3v) is 9.92. The first kappa shape index (κ1) is 52.2. The average Bonchev–Trinajstić information content (AvgIpc) is 3.16. The molecule has 0 N–H and O–H groups in total. The molecule has 0 spiro atoms. The third-order valence-electron chi connectivity index (χ3n) is 7.02. The molecule has 0 fully saturated rings. The quantitative estimate of drug-likeness (QED) is 0.0287. The standard InChI is InChI=1S/C36H65NO17Si/c1-31(2)35(40)50-25-23-48-33(38)9-12-37(13-10-34(39)49-24-26-51-36(41)32(3)4)11-8-30-55(52-27-20-45-17-14-42-5,53-28-21-46-18-15-43-6)54-29-22-47-19-16-44-7/h1,3,8-30H2,2,4-7H3. The van der Waals surface area contributed by atoms with Gasteiger partial charge in [0.1, 0.15) is 26.4 Å². The van der Waals surface area contributed by atoms with E-state index in [1.807, 2.05) is 4.90 Å². The van der Waals surface area contributed by atoms with Gasteiger partial charge in [-0.05, 0) is 26.8 Å². The topological polar surface area (TPSA) is 192 Å². The van der Waals surface area contributed by atoms with Crippen LogP contribution < -0.4 is 0 Å². The molecule has 0 amide bonds. The molecule has 0 saturated heterocycles. The van der Waals surface area contributed by atoms with E-state index in [4.69, 9.17) is 60.6 Å². The summed E-state index contributed by atoms with van der Waals surface area (Å²) < 4.78 is 71.3. The fraction of sp³-hybridized carbons (Fsp3) is 0.778. The second-order valence-electron chi connectivity index (χ2n) is 11.8. The first-order valence-electron chi connectivity index (χ1n) is 18.3. The van der Waals surface area contributed by atoms with E-state index in [0.717, 1.165) is 0 Å². The Balaban J connectivity index is 5.65. The van der Waals surface area contributed by atoms with Crippen molar-refractivity contribution in [2.45, 2.75) is 39.2 Å². The van der Waals surface area contributed by atoms with Crippen molar-refractivity contribution in [2.24, 2.45) is 0 Å². The van der Waals surface area contributed by atoms with Crippen LogP contribution in [0.25, 0.3) is 0 Å². The highest BCUT2D eigenvalue weighted by molar-refractivity contribution is 6.60. The summed E-state index contributed by atoms with van der Waals surface area (Å²) in [6.45, 7) is 14.5. The minimum absolute atomic E-state index is 0.00282. The van der Waals surface area contributed by atoms with Gasteiger partial charge in [-0.1, -0.05) is 13.2 Å². The van der Waals surface area contributed by atoms with E-state index in [1.165, 1.54) is 13.8 Å². The van der Waals surface area contributed by atoms with Crippen molar-refractivity contribution in [3.8, 4) is 0 Å². The Morgan fingerprint density at radius 2 is 0.818 bits per heavy atom. The number of esters is 4. The molecule has 0 bridgehead atoms. The number of hydrogen-bond donors (Lipinski definition) is 0. The summed E-state index contributed by atoms with van der Waals surface area (Å²) in [6, 6.07) is 0.384. The molecular formula is C36H65NO17Si. The zero-order chi connectivity index (χ0) is 41.0. The SMILES string of the molecule is C=C(C)C(=O)OCCOC(=O)CCN(CCC[Si](OCCOCCOC)(OCCOCCOC)OCCOCCOC)CCC(=O)OCCOC(=O)C(=C)C. The second kappa shape index (κ2) is 35.6. The molecule has 0 atom stereocenters. The number of carbonyl (C=O) groups is 4. The smallest absolute Gasteiger partial charge is 0.462 e. The number of methoxy groups -OCH3 is 3. The molecule has 320 valence electrons. The highest BCUT2D eigenvalue weighted by Crippen LogP contribution is 2.19. The Bertz CT molecular complexity index is 973. The van der Waals surface area contributed by atoms with Crippen LogP contribution in [0.4, 0.5) is 0 Å². The fourth-order valence-corrected chi connectivity index (χ4v) is 6.62.